The Labute approximate surface area is 176 Å². The Morgan fingerprint density at radius 3 is 2.10 bits per heavy atom. The summed E-state index contributed by atoms with van der Waals surface area (Å²) in [6.45, 7) is 1.02. The van der Waals surface area contributed by atoms with Gasteiger partial charge in [0.05, 0.1) is 12.8 Å². The van der Waals surface area contributed by atoms with Crippen molar-refractivity contribution in [1.82, 2.24) is 4.90 Å². The molecule has 1 heterocycles. The van der Waals surface area contributed by atoms with E-state index < -0.39 is 6.10 Å². The first kappa shape index (κ1) is 19.7. The fraction of sp³-hybridized carbons (Fsp3) is 0.200. The third-order valence-electron chi connectivity index (χ3n) is 5.11. The van der Waals surface area contributed by atoms with Gasteiger partial charge in [-0.05, 0) is 23.3 Å². The maximum atomic E-state index is 13.4. The van der Waals surface area contributed by atoms with Crippen LogP contribution in [0.5, 0.6) is 5.75 Å². The van der Waals surface area contributed by atoms with E-state index in [9.17, 15) is 4.79 Å². The van der Waals surface area contributed by atoms with Crippen LogP contribution in [0.3, 0.4) is 0 Å². The quantitative estimate of drug-likeness (QED) is 0.590. The fourth-order valence-electron chi connectivity index (χ4n) is 3.57. The minimum Gasteiger partial charge on any atom is -0.496 e. The van der Waals surface area contributed by atoms with Crippen LogP contribution < -0.4 is 4.74 Å². The van der Waals surface area contributed by atoms with Gasteiger partial charge in [0.2, 0.25) is 6.10 Å². The van der Waals surface area contributed by atoms with Crippen molar-refractivity contribution in [1.29, 1.82) is 0 Å². The normalized spacial score (nSPS) is 15.2. The second-order valence-electron chi connectivity index (χ2n) is 7.20. The molecule has 0 unspecified atom stereocenters. The van der Waals surface area contributed by atoms with Crippen LogP contribution in [0, 0.1) is 0 Å². The number of carbonyl (C=O) groups excluding carboxylic acids is 1. The number of hydrogen-bond donors (Lipinski definition) is 0. The molecule has 0 spiro atoms. The van der Waals surface area contributed by atoms with Gasteiger partial charge in [-0.25, -0.2) is 0 Å². The van der Waals surface area contributed by atoms with Gasteiger partial charge in [0, 0.05) is 25.1 Å². The summed E-state index contributed by atoms with van der Waals surface area (Å²) in [7, 11) is 1.62. The number of hydrogen-bond acceptors (Lipinski definition) is 4. The fourth-order valence-corrected chi connectivity index (χ4v) is 3.57. The number of methoxy groups -OCH3 is 1. The van der Waals surface area contributed by atoms with Crippen molar-refractivity contribution in [3.8, 4) is 5.75 Å². The van der Waals surface area contributed by atoms with Crippen molar-refractivity contribution in [2.24, 2.45) is 5.16 Å². The number of benzene rings is 3. The summed E-state index contributed by atoms with van der Waals surface area (Å²) in [6, 6.07) is 27.6. The lowest BCUT2D eigenvalue weighted by Crippen LogP contribution is -2.38. The molecule has 1 amide bonds. The van der Waals surface area contributed by atoms with Gasteiger partial charge in [-0.15, -0.1) is 0 Å². The predicted molar refractivity (Wildman–Crippen MR) is 116 cm³/mol. The highest BCUT2D eigenvalue weighted by atomic mass is 16.6. The number of ether oxygens (including phenoxy) is 1. The molecule has 3 aromatic carbocycles. The average Bonchev–Trinajstić information content (AvgIpc) is 3.29. The molecular formula is C25H24N2O3. The zero-order chi connectivity index (χ0) is 20.8. The lowest BCUT2D eigenvalue weighted by Gasteiger charge is -2.25. The van der Waals surface area contributed by atoms with E-state index >= 15 is 0 Å². The van der Waals surface area contributed by atoms with Crippen LogP contribution in [0.4, 0.5) is 0 Å². The molecule has 0 N–H and O–H groups in total. The highest BCUT2D eigenvalue weighted by molar-refractivity contribution is 6.05. The van der Waals surface area contributed by atoms with Crippen LogP contribution in [0.1, 0.15) is 23.1 Å². The summed E-state index contributed by atoms with van der Waals surface area (Å²) in [6.07, 6.45) is -0.225. The number of para-hydroxylation sites is 1. The standard InChI is InChI=1S/C25H24N2O3/c1-29-23-15-9-8-14-21(23)22-16-24(30-26-22)25(28)27(17-19-10-4-2-5-11-19)18-20-12-6-3-7-13-20/h2-15,24H,16-18H2,1H3/t24-/m0/s1. The van der Waals surface area contributed by atoms with Gasteiger partial charge in [0.25, 0.3) is 5.91 Å². The van der Waals surface area contributed by atoms with Gasteiger partial charge in [-0.2, -0.15) is 0 Å². The first-order valence-corrected chi connectivity index (χ1v) is 9.97. The second kappa shape index (κ2) is 9.27. The summed E-state index contributed by atoms with van der Waals surface area (Å²) < 4.78 is 5.43. The Morgan fingerprint density at radius 2 is 1.50 bits per heavy atom. The third kappa shape index (κ3) is 4.51. The Balaban J connectivity index is 1.51. The van der Waals surface area contributed by atoms with Gasteiger partial charge in [0.15, 0.2) is 0 Å². The van der Waals surface area contributed by atoms with Gasteiger partial charge in [0.1, 0.15) is 5.75 Å². The van der Waals surface area contributed by atoms with E-state index in [1.165, 1.54) is 0 Å². The van der Waals surface area contributed by atoms with E-state index in [1.807, 2.05) is 89.8 Å². The van der Waals surface area contributed by atoms with Crippen LogP contribution in [0.2, 0.25) is 0 Å². The third-order valence-corrected chi connectivity index (χ3v) is 5.11. The Bertz CT molecular complexity index is 977. The molecule has 3 aromatic rings. The van der Waals surface area contributed by atoms with Gasteiger partial charge >= 0.3 is 0 Å². The monoisotopic (exact) mass is 400 g/mol. The van der Waals surface area contributed by atoms with E-state index in [0.717, 1.165) is 28.2 Å². The van der Waals surface area contributed by atoms with Gasteiger partial charge in [-0.1, -0.05) is 78.0 Å². The van der Waals surface area contributed by atoms with Crippen molar-refractivity contribution in [3.63, 3.8) is 0 Å². The molecule has 0 fully saturated rings. The van der Waals surface area contributed by atoms with E-state index in [0.29, 0.717) is 19.5 Å². The van der Waals surface area contributed by atoms with Crippen molar-refractivity contribution in [2.75, 3.05) is 7.11 Å². The molecule has 0 radical (unpaired) electrons. The number of rotatable bonds is 7. The zero-order valence-corrected chi connectivity index (χ0v) is 16.9. The van der Waals surface area contributed by atoms with Crippen LogP contribution >= 0.6 is 0 Å². The highest BCUT2D eigenvalue weighted by Crippen LogP contribution is 2.26. The maximum Gasteiger partial charge on any atom is 0.267 e. The SMILES string of the molecule is COc1ccccc1C1=NO[C@H](C(=O)N(Cc2ccccc2)Cc2ccccc2)C1. The van der Waals surface area contributed by atoms with Crippen molar-refractivity contribution < 1.29 is 14.4 Å². The number of oxime groups is 1. The van der Waals surface area contributed by atoms with E-state index in [2.05, 4.69) is 5.16 Å². The molecule has 1 aliphatic rings. The maximum absolute atomic E-state index is 13.4. The number of carbonyl (C=O) groups is 1. The topological polar surface area (TPSA) is 51.1 Å². The number of nitrogens with zero attached hydrogens (tertiary/aromatic N) is 2. The largest absolute Gasteiger partial charge is 0.496 e. The van der Waals surface area contributed by atoms with Crippen molar-refractivity contribution in [2.45, 2.75) is 25.6 Å². The van der Waals surface area contributed by atoms with Crippen LogP contribution in [-0.4, -0.2) is 29.7 Å². The lowest BCUT2D eigenvalue weighted by atomic mass is 10.0. The molecule has 5 heteroatoms. The van der Waals surface area contributed by atoms with E-state index in [4.69, 9.17) is 9.57 Å². The summed E-state index contributed by atoms with van der Waals surface area (Å²) in [4.78, 5) is 20.8. The molecule has 5 nitrogen and oxygen atoms in total. The summed E-state index contributed by atoms with van der Waals surface area (Å²) >= 11 is 0. The second-order valence-corrected chi connectivity index (χ2v) is 7.20. The molecule has 30 heavy (non-hydrogen) atoms. The lowest BCUT2D eigenvalue weighted by molar-refractivity contribution is -0.143. The number of amides is 1. The minimum absolute atomic E-state index is 0.0728. The first-order chi connectivity index (χ1) is 14.7. The Morgan fingerprint density at radius 1 is 0.933 bits per heavy atom. The molecule has 1 atom stereocenters. The van der Waals surface area contributed by atoms with Crippen molar-refractivity contribution >= 4 is 11.6 Å². The van der Waals surface area contributed by atoms with E-state index in [1.54, 1.807) is 7.11 Å². The molecule has 4 rings (SSSR count). The summed E-state index contributed by atoms with van der Waals surface area (Å²) in [5.74, 6) is 0.648. The molecule has 0 saturated carbocycles. The van der Waals surface area contributed by atoms with Crippen LogP contribution in [0.15, 0.2) is 90.1 Å². The van der Waals surface area contributed by atoms with Gasteiger partial charge in [-0.3, -0.25) is 4.79 Å². The summed E-state index contributed by atoms with van der Waals surface area (Å²) in [5, 5.41) is 4.20. The molecular weight excluding hydrogens is 376 g/mol. The molecule has 0 aromatic heterocycles. The Hall–Kier alpha value is -3.60. The zero-order valence-electron chi connectivity index (χ0n) is 16.9. The smallest absolute Gasteiger partial charge is 0.267 e. The molecule has 152 valence electrons. The Kier molecular flexibility index (Phi) is 6.09. The van der Waals surface area contributed by atoms with E-state index in [-0.39, 0.29) is 5.91 Å². The highest BCUT2D eigenvalue weighted by Gasteiger charge is 2.33. The molecule has 1 aliphatic heterocycles. The first-order valence-electron chi connectivity index (χ1n) is 9.97. The minimum atomic E-state index is -0.641. The van der Waals surface area contributed by atoms with Gasteiger partial charge < -0.3 is 14.5 Å². The molecule has 0 saturated heterocycles. The molecule has 0 aliphatic carbocycles. The van der Waals surface area contributed by atoms with Crippen molar-refractivity contribution in [3.05, 3.63) is 102 Å². The summed E-state index contributed by atoms with van der Waals surface area (Å²) in [5.41, 5.74) is 3.73. The predicted octanol–water partition coefficient (Wildman–Crippen LogP) is 4.42. The van der Waals surface area contributed by atoms with Crippen LogP contribution in [-0.2, 0) is 22.7 Å². The molecule has 0 bridgehead atoms. The van der Waals surface area contributed by atoms with Crippen LogP contribution in [0.25, 0.3) is 0 Å². The average molecular weight is 400 g/mol.